The van der Waals surface area contributed by atoms with E-state index in [1.54, 1.807) is 23.0 Å². The van der Waals surface area contributed by atoms with Crippen LogP contribution in [0.4, 0.5) is 24.5 Å². The second-order valence-corrected chi connectivity index (χ2v) is 16.0. The van der Waals surface area contributed by atoms with Crippen LogP contribution in [-0.4, -0.2) is 54.8 Å². The zero-order valence-corrected chi connectivity index (χ0v) is 31.8. The number of hydrogen-bond acceptors (Lipinski definition) is 8. The van der Waals surface area contributed by atoms with Crippen LogP contribution >= 0.6 is 0 Å². The number of pyridine rings is 3. The SMILES string of the molecule is Cc1cc(NC2CCC2)cnc1-c1cnn(-c2ccnc(CCCCCCn3cc(-n4cc(-c5ccc(NS(C)(=O)=O)cc5C(F)(F)F)cn4)ccc3=O)c2)c1. The Labute approximate surface area is 322 Å². The van der Waals surface area contributed by atoms with Gasteiger partial charge >= 0.3 is 6.18 Å². The van der Waals surface area contributed by atoms with Crippen LogP contribution in [0.5, 0.6) is 0 Å². The molecule has 0 radical (unpaired) electrons. The van der Waals surface area contributed by atoms with Gasteiger partial charge in [-0.15, -0.1) is 0 Å². The average molecular weight is 786 g/mol. The molecule has 0 atom stereocenters. The highest BCUT2D eigenvalue weighted by molar-refractivity contribution is 7.92. The predicted molar refractivity (Wildman–Crippen MR) is 209 cm³/mol. The highest BCUT2D eigenvalue weighted by atomic mass is 32.2. The lowest BCUT2D eigenvalue weighted by molar-refractivity contribution is -0.137. The molecule has 0 amide bonds. The van der Waals surface area contributed by atoms with E-state index >= 15 is 0 Å². The maximum atomic E-state index is 14.0. The van der Waals surface area contributed by atoms with Gasteiger partial charge in [-0.25, -0.2) is 17.8 Å². The monoisotopic (exact) mass is 785 g/mol. The molecule has 7 rings (SSSR count). The summed E-state index contributed by atoms with van der Waals surface area (Å²) in [6, 6.07) is 12.9. The van der Waals surface area contributed by atoms with Gasteiger partial charge in [0.2, 0.25) is 10.0 Å². The number of unbranched alkanes of at least 4 members (excludes halogenated alkanes) is 3. The fourth-order valence-electron chi connectivity index (χ4n) is 6.76. The van der Waals surface area contributed by atoms with Crippen molar-refractivity contribution < 1.29 is 21.6 Å². The van der Waals surface area contributed by atoms with Crippen LogP contribution < -0.4 is 15.6 Å². The normalized spacial score (nSPS) is 13.4. The number of nitrogens with one attached hydrogen (secondary N) is 2. The van der Waals surface area contributed by atoms with Gasteiger partial charge in [0, 0.05) is 65.9 Å². The summed E-state index contributed by atoms with van der Waals surface area (Å²) in [5, 5.41) is 12.4. The molecular formula is C40H42F3N9O3S. The molecule has 56 heavy (non-hydrogen) atoms. The summed E-state index contributed by atoms with van der Waals surface area (Å²) >= 11 is 0. The van der Waals surface area contributed by atoms with E-state index in [0.717, 1.165) is 78.3 Å². The number of benzene rings is 1. The first-order valence-electron chi connectivity index (χ1n) is 18.5. The summed E-state index contributed by atoms with van der Waals surface area (Å²) in [6.45, 7) is 2.54. The van der Waals surface area contributed by atoms with E-state index in [-0.39, 0.29) is 22.4 Å². The molecule has 5 aromatic heterocycles. The zero-order chi connectivity index (χ0) is 39.5. The molecule has 0 spiro atoms. The highest BCUT2D eigenvalue weighted by Gasteiger charge is 2.34. The van der Waals surface area contributed by atoms with Crippen LogP contribution in [0.2, 0.25) is 0 Å². The number of hydrogen-bond donors (Lipinski definition) is 2. The van der Waals surface area contributed by atoms with Gasteiger partial charge in [0.15, 0.2) is 0 Å². The van der Waals surface area contributed by atoms with Crippen molar-refractivity contribution in [1.29, 1.82) is 0 Å². The molecule has 1 saturated carbocycles. The van der Waals surface area contributed by atoms with Crippen molar-refractivity contribution in [3.05, 3.63) is 119 Å². The molecule has 292 valence electrons. The molecule has 0 bridgehead atoms. The van der Waals surface area contributed by atoms with E-state index in [1.807, 2.05) is 35.4 Å². The van der Waals surface area contributed by atoms with Gasteiger partial charge in [0.25, 0.3) is 5.56 Å². The number of rotatable bonds is 15. The van der Waals surface area contributed by atoms with Crippen molar-refractivity contribution in [2.75, 3.05) is 16.3 Å². The third-order valence-corrected chi connectivity index (χ3v) is 10.4. The van der Waals surface area contributed by atoms with E-state index < -0.39 is 21.8 Å². The molecule has 6 aromatic rings. The number of sulfonamides is 1. The first-order chi connectivity index (χ1) is 26.8. The van der Waals surface area contributed by atoms with E-state index in [4.69, 9.17) is 4.98 Å². The smallest absolute Gasteiger partial charge is 0.381 e. The summed E-state index contributed by atoms with van der Waals surface area (Å²) in [4.78, 5) is 22.0. The molecule has 16 heteroatoms. The minimum absolute atomic E-state index is 0.158. The predicted octanol–water partition coefficient (Wildman–Crippen LogP) is 7.81. The molecule has 0 unspecified atom stereocenters. The van der Waals surface area contributed by atoms with Gasteiger partial charge in [-0.2, -0.15) is 23.4 Å². The fraction of sp³-hybridized carbons (Fsp3) is 0.325. The number of anilines is 2. The van der Waals surface area contributed by atoms with Crippen molar-refractivity contribution in [1.82, 2.24) is 34.1 Å². The third kappa shape index (κ3) is 9.36. The van der Waals surface area contributed by atoms with E-state index in [9.17, 15) is 26.4 Å². The molecule has 0 aliphatic heterocycles. The number of alkyl halides is 3. The van der Waals surface area contributed by atoms with E-state index in [1.165, 1.54) is 54.5 Å². The summed E-state index contributed by atoms with van der Waals surface area (Å²) < 4.78 is 72.0. The van der Waals surface area contributed by atoms with Crippen molar-refractivity contribution in [2.24, 2.45) is 0 Å². The van der Waals surface area contributed by atoms with Gasteiger partial charge in [-0.05, 0) is 93.0 Å². The lowest BCUT2D eigenvalue weighted by Crippen LogP contribution is -2.27. The van der Waals surface area contributed by atoms with Gasteiger partial charge in [-0.1, -0.05) is 18.9 Å². The molecule has 0 saturated heterocycles. The third-order valence-electron chi connectivity index (χ3n) is 9.81. The minimum Gasteiger partial charge on any atom is -0.381 e. The molecular weight excluding hydrogens is 744 g/mol. The van der Waals surface area contributed by atoms with Crippen LogP contribution in [-0.2, 0) is 29.2 Å². The number of aryl methyl sites for hydroxylation is 3. The Morgan fingerprint density at radius 3 is 2.30 bits per heavy atom. The largest absolute Gasteiger partial charge is 0.417 e. The average Bonchev–Trinajstić information content (AvgIpc) is 3.83. The second kappa shape index (κ2) is 16.1. The van der Waals surface area contributed by atoms with Gasteiger partial charge in [-0.3, -0.25) is 19.5 Å². The number of nitrogens with zero attached hydrogens (tertiary/aromatic N) is 7. The Morgan fingerprint density at radius 2 is 1.57 bits per heavy atom. The Balaban J connectivity index is 0.919. The summed E-state index contributed by atoms with van der Waals surface area (Å²) in [6.07, 6.45) is 16.0. The molecule has 1 aliphatic carbocycles. The summed E-state index contributed by atoms with van der Waals surface area (Å²) in [5.41, 5.74) is 5.02. The second-order valence-electron chi connectivity index (χ2n) is 14.2. The number of aromatic nitrogens is 7. The maximum Gasteiger partial charge on any atom is 0.417 e. The number of halogens is 3. The van der Waals surface area contributed by atoms with Crippen LogP contribution in [0.25, 0.3) is 33.8 Å². The van der Waals surface area contributed by atoms with Crippen molar-refractivity contribution in [2.45, 2.75) is 77.1 Å². The molecule has 1 aliphatic rings. The quantitative estimate of drug-likeness (QED) is 0.101. The van der Waals surface area contributed by atoms with Crippen LogP contribution in [0.1, 0.15) is 61.8 Å². The molecule has 12 nitrogen and oxygen atoms in total. The van der Waals surface area contributed by atoms with Crippen molar-refractivity contribution in [3.63, 3.8) is 0 Å². The first-order valence-corrected chi connectivity index (χ1v) is 20.4. The zero-order valence-electron chi connectivity index (χ0n) is 31.0. The molecule has 1 aromatic carbocycles. The lowest BCUT2D eigenvalue weighted by atomic mass is 9.93. The molecule has 1 fully saturated rings. The molecule has 2 N–H and O–H groups in total. The van der Waals surface area contributed by atoms with Crippen LogP contribution in [0.3, 0.4) is 0 Å². The Kier molecular flexibility index (Phi) is 11.1. The Bertz CT molecular complexity index is 2510. The van der Waals surface area contributed by atoms with E-state index in [0.29, 0.717) is 18.3 Å². The van der Waals surface area contributed by atoms with Gasteiger partial charge in [0.1, 0.15) is 0 Å². The van der Waals surface area contributed by atoms with Crippen LogP contribution in [0, 0.1) is 6.92 Å². The standard InChI is InChI=1S/C40H42F3N9O3S/c1-27-18-33(48-30-9-7-10-30)23-45-39(27)29-22-47-51(25-29)34-15-16-44-31(19-34)8-5-3-4-6-17-50-26-35(12-14-38(50)53)52-24-28(21-46-52)36-13-11-32(49-56(2,54)55)20-37(36)40(41,42)43/h11-16,18-26,30,48-49H,3-10,17H2,1-2H3. The summed E-state index contributed by atoms with van der Waals surface area (Å²) in [5.74, 6) is 0. The maximum absolute atomic E-state index is 14.0. The Hall–Kier alpha value is -5.77. The van der Waals surface area contributed by atoms with E-state index in [2.05, 4.69) is 38.2 Å². The first kappa shape index (κ1) is 38.5. The van der Waals surface area contributed by atoms with Crippen molar-refractivity contribution >= 4 is 21.4 Å². The van der Waals surface area contributed by atoms with Crippen LogP contribution in [0.15, 0.2) is 96.7 Å². The Morgan fingerprint density at radius 1 is 0.821 bits per heavy atom. The van der Waals surface area contributed by atoms with Gasteiger partial charge in [0.05, 0.1) is 53.2 Å². The topological polar surface area (TPSA) is 142 Å². The lowest BCUT2D eigenvalue weighted by Gasteiger charge is -2.27. The van der Waals surface area contributed by atoms with Crippen molar-refractivity contribution in [3.8, 4) is 33.8 Å². The summed E-state index contributed by atoms with van der Waals surface area (Å²) in [7, 11) is -3.77. The fourth-order valence-corrected chi connectivity index (χ4v) is 7.31. The highest BCUT2D eigenvalue weighted by Crippen LogP contribution is 2.39. The minimum atomic E-state index is -4.75. The van der Waals surface area contributed by atoms with Gasteiger partial charge < -0.3 is 9.88 Å². The molecule has 5 heterocycles.